The first-order chi connectivity index (χ1) is 2.41. The Morgan fingerprint density at radius 1 is 1.83 bits per heavy atom. The minimum atomic E-state index is -1.15. The summed E-state index contributed by atoms with van der Waals surface area (Å²) in [5.74, 6) is 0. The van der Waals surface area contributed by atoms with Crippen molar-refractivity contribution in [2.24, 2.45) is 0 Å². The fourth-order valence-electron chi connectivity index (χ4n) is 0.0393. The van der Waals surface area contributed by atoms with Crippen LogP contribution in [0.2, 0.25) is 0 Å². The van der Waals surface area contributed by atoms with Crippen molar-refractivity contribution in [1.82, 2.24) is 0 Å². The van der Waals surface area contributed by atoms with Gasteiger partial charge in [0.15, 0.2) is 0 Å². The second-order valence-corrected chi connectivity index (χ2v) is 1.08. The Hall–Kier alpha value is 0.907. The van der Waals surface area contributed by atoms with Crippen molar-refractivity contribution in [2.45, 2.75) is 0 Å². The summed E-state index contributed by atoms with van der Waals surface area (Å²) >= 11 is -1.15. The maximum atomic E-state index is 9.29. The third kappa shape index (κ3) is 8.86. The van der Waals surface area contributed by atoms with Crippen LogP contribution in [0.25, 0.3) is 0 Å². The van der Waals surface area contributed by atoms with Gasteiger partial charge in [0.05, 0.1) is 0 Å². The molecule has 6 heteroatoms. The molecular weight excluding hydrogens is 110 g/mol. The van der Waals surface area contributed by atoms with E-state index in [9.17, 15) is 3.80 Å². The van der Waals surface area contributed by atoms with E-state index in [1.165, 1.54) is 0 Å². The van der Waals surface area contributed by atoms with Gasteiger partial charge in [0.25, 0.3) is 0 Å². The maximum absolute atomic E-state index is 9.29. The molecule has 6 heavy (non-hydrogen) atoms. The average Bonchev–Trinajstić information content (AvgIpc) is 1.41. The van der Waals surface area contributed by atoms with Crippen LogP contribution in [0.15, 0.2) is 0 Å². The normalized spacial score (nSPS) is 5.33. The van der Waals surface area contributed by atoms with E-state index in [-0.39, 0.29) is 20.3 Å². The van der Waals surface area contributed by atoms with Crippen molar-refractivity contribution in [3.63, 3.8) is 0 Å². The van der Waals surface area contributed by atoms with Gasteiger partial charge in [0.2, 0.25) is 0 Å². The molecule has 0 bridgehead atoms. The Kier molecular flexibility index (Phi) is 15.5. The molecule has 0 radical (unpaired) electrons. The van der Waals surface area contributed by atoms with Crippen LogP contribution >= 0.6 is 0 Å². The summed E-state index contributed by atoms with van der Waals surface area (Å²) in [5, 5.41) is 0. The van der Waals surface area contributed by atoms with Gasteiger partial charge in [-0.2, -0.15) is 0 Å². The average molecular weight is 114 g/mol. The van der Waals surface area contributed by atoms with Gasteiger partial charge in [-0.05, 0) is 0 Å². The second-order valence-electron chi connectivity index (χ2n) is 0.359. The van der Waals surface area contributed by atoms with Gasteiger partial charge in [-0.25, -0.2) is 0 Å². The van der Waals surface area contributed by atoms with Gasteiger partial charge in [0.1, 0.15) is 0 Å². The van der Waals surface area contributed by atoms with E-state index < -0.39 is 15.5 Å². The van der Waals surface area contributed by atoms with E-state index in [2.05, 4.69) is 8.52 Å². The third-order valence-corrected chi connectivity index (χ3v) is 0.984. The van der Waals surface area contributed by atoms with Crippen LogP contribution in [-0.4, -0.2) is 26.0 Å². The Bertz CT molecular complexity index is 36.1. The molecule has 0 rings (SSSR count). The Balaban J connectivity index is -0.0000000800. The third-order valence-electron chi connectivity index (χ3n) is 0.136. The number of hydrogen-bond acceptors (Lipinski definition) is 3. The van der Waals surface area contributed by atoms with Gasteiger partial charge in [-0.1, -0.05) is 0 Å². The van der Waals surface area contributed by atoms with Crippen LogP contribution in [0, 0.1) is 0 Å². The molecule has 0 atom stereocenters. The monoisotopic (exact) mass is 114 g/mol. The fourth-order valence-corrected chi connectivity index (χ4v) is 0.354. The van der Waals surface area contributed by atoms with Gasteiger partial charge < -0.3 is 1.43 Å². The van der Waals surface area contributed by atoms with E-state index in [0.29, 0.717) is 10.5 Å². The van der Waals surface area contributed by atoms with Gasteiger partial charge in [-0.15, -0.1) is 0 Å². The van der Waals surface area contributed by atoms with E-state index >= 15 is 0 Å². The summed E-state index contributed by atoms with van der Waals surface area (Å²) in [6.45, 7) is 0. The Morgan fingerprint density at radius 3 is 2.33 bits per heavy atom. The Morgan fingerprint density at radius 2 is 2.33 bits per heavy atom. The molecule has 0 aromatic rings. The first-order valence-corrected chi connectivity index (χ1v) is 2.81. The van der Waals surface area contributed by atoms with E-state index in [1.54, 1.807) is 0 Å². The first kappa shape index (κ1) is 10.0. The molecule has 0 aliphatic carbocycles. The predicted molar refractivity (Wildman–Crippen MR) is 19.7 cm³/mol. The minimum absolute atomic E-state index is 0. The van der Waals surface area contributed by atoms with Gasteiger partial charge >= 0.3 is 57.2 Å². The molecule has 0 aliphatic heterocycles. The molecule has 0 saturated heterocycles. The summed E-state index contributed by atoms with van der Waals surface area (Å²) < 4.78 is 17.3. The summed E-state index contributed by atoms with van der Waals surface area (Å²) in [6.07, 6.45) is 0. The van der Waals surface area contributed by atoms with Crippen molar-refractivity contribution < 1.29 is 32.6 Å². The van der Waals surface area contributed by atoms with Crippen LogP contribution in [0.1, 0.15) is 1.43 Å². The van der Waals surface area contributed by atoms with Crippen LogP contribution in [0.3, 0.4) is 0 Å². The SMILES string of the molecule is [H-].[Li+].[O]=[Al][O]O[SiH3]. The molecule has 0 aromatic heterocycles. The molecule has 30 valence electrons. The quantitative estimate of drug-likeness (QED) is 0.205. The van der Waals surface area contributed by atoms with Crippen molar-refractivity contribution in [2.75, 3.05) is 0 Å². The van der Waals surface area contributed by atoms with Crippen molar-refractivity contribution >= 4 is 26.0 Å². The van der Waals surface area contributed by atoms with Crippen LogP contribution in [0.4, 0.5) is 0 Å². The predicted octanol–water partition coefficient (Wildman–Crippen LogP) is -4.70. The molecule has 0 fully saturated rings. The zero-order valence-corrected chi connectivity index (χ0v) is 6.96. The van der Waals surface area contributed by atoms with Crippen LogP contribution < -0.4 is 18.9 Å². The number of rotatable bonds is 2. The summed E-state index contributed by atoms with van der Waals surface area (Å²) in [4.78, 5) is 0. The summed E-state index contributed by atoms with van der Waals surface area (Å²) in [5.41, 5.74) is 0. The van der Waals surface area contributed by atoms with E-state index in [4.69, 9.17) is 0 Å². The van der Waals surface area contributed by atoms with Crippen LogP contribution in [0.5, 0.6) is 0 Å². The molecule has 0 unspecified atom stereocenters. The fraction of sp³-hybridized carbons (Fsp3) is 0. The van der Waals surface area contributed by atoms with Crippen molar-refractivity contribution in [3.05, 3.63) is 0 Å². The van der Waals surface area contributed by atoms with E-state index in [0.717, 1.165) is 0 Å². The zero-order chi connectivity index (χ0) is 4.12. The van der Waals surface area contributed by atoms with Gasteiger partial charge in [0, 0.05) is 0 Å². The molecular formula is H4AlLiO3Si. The van der Waals surface area contributed by atoms with Crippen LogP contribution in [-0.2, 0) is 12.3 Å². The first-order valence-electron chi connectivity index (χ1n) is 1.05. The molecule has 0 aliphatic rings. The molecule has 0 N–H and O–H groups in total. The zero-order valence-electron chi connectivity index (χ0n) is 4.80. The van der Waals surface area contributed by atoms with Crippen molar-refractivity contribution in [3.8, 4) is 0 Å². The molecule has 0 heterocycles. The van der Waals surface area contributed by atoms with E-state index in [1.807, 2.05) is 0 Å². The summed E-state index contributed by atoms with van der Waals surface area (Å²) in [7, 11) is 0.497. The van der Waals surface area contributed by atoms with Gasteiger partial charge in [-0.3, -0.25) is 0 Å². The molecule has 3 nitrogen and oxygen atoms in total. The molecule has 0 spiro atoms. The second kappa shape index (κ2) is 9.32. The molecule has 0 amide bonds. The topological polar surface area (TPSA) is 35.5 Å². The molecule has 0 saturated carbocycles. The number of hydrogen-bond donors (Lipinski definition) is 0. The standard InChI is InChI=1S/Al.Li.H4O2Si.O.H/c;;1-2-3;;/h;;1H,3H3;;/q2*+1;;;-1/p-1. The molecule has 0 aromatic carbocycles. The Labute approximate surface area is 58.8 Å². The summed E-state index contributed by atoms with van der Waals surface area (Å²) in [6, 6.07) is 0. The van der Waals surface area contributed by atoms with Crippen molar-refractivity contribution in [1.29, 1.82) is 0 Å².